The summed E-state index contributed by atoms with van der Waals surface area (Å²) in [4.78, 5) is 18.0. The van der Waals surface area contributed by atoms with Crippen LogP contribution in [0, 0.1) is 0 Å². The summed E-state index contributed by atoms with van der Waals surface area (Å²) in [5.74, 6) is 1.03. The van der Waals surface area contributed by atoms with Gasteiger partial charge in [-0.15, -0.1) is 24.0 Å². The SMILES string of the molecule is CN=C(NCCc1ccc(Cl)cc1)NCc1cccc(CN2CCCC2=O)c1.I. The van der Waals surface area contributed by atoms with E-state index in [9.17, 15) is 4.79 Å². The van der Waals surface area contributed by atoms with E-state index in [1.807, 2.05) is 35.2 Å². The van der Waals surface area contributed by atoms with Gasteiger partial charge in [-0.05, 0) is 41.7 Å². The van der Waals surface area contributed by atoms with Gasteiger partial charge in [-0.1, -0.05) is 48.0 Å². The first-order valence-electron chi connectivity index (χ1n) is 9.68. The fraction of sp³-hybridized carbons (Fsp3) is 0.364. The van der Waals surface area contributed by atoms with Crippen molar-refractivity contribution in [3.05, 3.63) is 70.2 Å². The van der Waals surface area contributed by atoms with Gasteiger partial charge in [-0.3, -0.25) is 9.79 Å². The van der Waals surface area contributed by atoms with Crippen LogP contribution >= 0.6 is 35.6 Å². The first-order valence-corrected chi connectivity index (χ1v) is 10.1. The van der Waals surface area contributed by atoms with Crippen LogP contribution < -0.4 is 10.6 Å². The summed E-state index contributed by atoms with van der Waals surface area (Å²) >= 11 is 5.92. The van der Waals surface area contributed by atoms with Gasteiger partial charge in [0.1, 0.15) is 0 Å². The van der Waals surface area contributed by atoms with Gasteiger partial charge in [0.25, 0.3) is 0 Å². The molecule has 0 aliphatic carbocycles. The Hall–Kier alpha value is -1.80. The fourth-order valence-electron chi connectivity index (χ4n) is 3.31. The number of hydrogen-bond donors (Lipinski definition) is 2. The number of amides is 1. The lowest BCUT2D eigenvalue weighted by Crippen LogP contribution is -2.37. The molecule has 1 aliphatic rings. The third-order valence-corrected chi connectivity index (χ3v) is 5.09. The van der Waals surface area contributed by atoms with Crippen LogP contribution in [0.5, 0.6) is 0 Å². The molecule has 0 bridgehead atoms. The molecule has 0 unspecified atom stereocenters. The van der Waals surface area contributed by atoms with Gasteiger partial charge in [0, 0.05) is 44.7 Å². The zero-order chi connectivity index (χ0) is 19.8. The van der Waals surface area contributed by atoms with Gasteiger partial charge in [-0.2, -0.15) is 0 Å². The molecule has 3 rings (SSSR count). The third kappa shape index (κ3) is 7.51. The fourth-order valence-corrected chi connectivity index (χ4v) is 3.44. The topological polar surface area (TPSA) is 56.7 Å². The molecule has 1 amide bonds. The van der Waals surface area contributed by atoms with Gasteiger partial charge in [0.15, 0.2) is 5.96 Å². The van der Waals surface area contributed by atoms with Crippen LogP contribution in [-0.2, 0) is 24.3 Å². The number of nitrogens with one attached hydrogen (secondary N) is 2. The van der Waals surface area contributed by atoms with Crippen molar-refractivity contribution in [2.24, 2.45) is 4.99 Å². The maximum absolute atomic E-state index is 11.8. The Morgan fingerprint density at radius 2 is 1.86 bits per heavy atom. The van der Waals surface area contributed by atoms with E-state index in [2.05, 4.69) is 33.8 Å². The Labute approximate surface area is 194 Å². The largest absolute Gasteiger partial charge is 0.356 e. The van der Waals surface area contributed by atoms with Crippen molar-refractivity contribution >= 4 is 47.4 Å². The van der Waals surface area contributed by atoms with Gasteiger partial charge in [0.2, 0.25) is 5.91 Å². The summed E-state index contributed by atoms with van der Waals surface area (Å²) in [5.41, 5.74) is 3.57. The van der Waals surface area contributed by atoms with Crippen molar-refractivity contribution in [1.29, 1.82) is 0 Å². The predicted octanol–water partition coefficient (Wildman–Crippen LogP) is 3.99. The minimum absolute atomic E-state index is 0. The van der Waals surface area contributed by atoms with Crippen molar-refractivity contribution in [1.82, 2.24) is 15.5 Å². The average molecular weight is 527 g/mol. The Kier molecular flexibility index (Phi) is 9.73. The molecule has 0 saturated carbocycles. The van der Waals surface area contributed by atoms with Crippen LogP contribution in [0.25, 0.3) is 0 Å². The number of nitrogens with zero attached hydrogens (tertiary/aromatic N) is 2. The lowest BCUT2D eigenvalue weighted by atomic mass is 10.1. The van der Waals surface area contributed by atoms with Crippen molar-refractivity contribution < 1.29 is 4.79 Å². The van der Waals surface area contributed by atoms with E-state index in [0.29, 0.717) is 19.5 Å². The summed E-state index contributed by atoms with van der Waals surface area (Å²) in [6.07, 6.45) is 2.55. The molecule has 5 nitrogen and oxygen atoms in total. The summed E-state index contributed by atoms with van der Waals surface area (Å²) in [6, 6.07) is 16.3. The minimum atomic E-state index is 0. The molecule has 1 fully saturated rings. The van der Waals surface area contributed by atoms with Crippen LogP contribution in [0.3, 0.4) is 0 Å². The maximum Gasteiger partial charge on any atom is 0.222 e. The first kappa shape index (κ1) is 23.5. The zero-order valence-electron chi connectivity index (χ0n) is 16.7. The van der Waals surface area contributed by atoms with Gasteiger partial charge in [-0.25, -0.2) is 0 Å². The number of guanidine groups is 1. The van der Waals surface area contributed by atoms with Crippen LogP contribution in [-0.4, -0.2) is 36.9 Å². The number of halogens is 2. The lowest BCUT2D eigenvalue weighted by molar-refractivity contribution is -0.128. The molecule has 2 aromatic carbocycles. The van der Waals surface area contributed by atoms with Gasteiger partial charge in [0.05, 0.1) is 0 Å². The molecule has 7 heteroatoms. The standard InChI is InChI=1S/C22H27ClN4O.HI/c1-24-22(25-12-11-17-7-9-20(23)10-8-17)26-15-18-4-2-5-19(14-18)16-27-13-3-6-21(27)28;/h2,4-5,7-10,14H,3,6,11-13,15-16H2,1H3,(H2,24,25,26);1H. The number of rotatable bonds is 7. The molecule has 0 spiro atoms. The van der Waals surface area contributed by atoms with E-state index in [4.69, 9.17) is 11.6 Å². The van der Waals surface area contributed by atoms with Crippen molar-refractivity contribution in [3.8, 4) is 0 Å². The van der Waals surface area contributed by atoms with E-state index in [1.54, 1.807) is 7.05 Å². The summed E-state index contributed by atoms with van der Waals surface area (Å²) in [5, 5.41) is 7.44. The smallest absolute Gasteiger partial charge is 0.222 e. The number of carbonyl (C=O) groups is 1. The second-order valence-electron chi connectivity index (χ2n) is 6.97. The number of aliphatic imine (C=N–C) groups is 1. The number of carbonyl (C=O) groups excluding carboxylic acids is 1. The second-order valence-corrected chi connectivity index (χ2v) is 7.40. The Bertz CT molecular complexity index is 826. The highest BCUT2D eigenvalue weighted by Gasteiger charge is 2.19. The van der Waals surface area contributed by atoms with E-state index in [-0.39, 0.29) is 29.9 Å². The van der Waals surface area contributed by atoms with Crippen LogP contribution in [0.15, 0.2) is 53.5 Å². The monoisotopic (exact) mass is 526 g/mol. The quantitative estimate of drug-likeness (QED) is 0.326. The normalized spacial score (nSPS) is 13.9. The van der Waals surface area contributed by atoms with Crippen molar-refractivity contribution in [2.75, 3.05) is 20.1 Å². The molecule has 29 heavy (non-hydrogen) atoms. The minimum Gasteiger partial charge on any atom is -0.356 e. The average Bonchev–Trinajstić information content (AvgIpc) is 3.11. The van der Waals surface area contributed by atoms with Crippen molar-refractivity contribution in [2.45, 2.75) is 32.4 Å². The van der Waals surface area contributed by atoms with E-state index in [1.165, 1.54) is 16.7 Å². The van der Waals surface area contributed by atoms with E-state index in [0.717, 1.165) is 36.9 Å². The molecule has 1 heterocycles. The first-order chi connectivity index (χ1) is 13.6. The Balaban J connectivity index is 0.00000300. The van der Waals surface area contributed by atoms with Crippen LogP contribution in [0.1, 0.15) is 29.5 Å². The molecule has 0 aromatic heterocycles. The Morgan fingerprint density at radius 1 is 1.10 bits per heavy atom. The van der Waals surface area contributed by atoms with Crippen LogP contribution in [0.4, 0.5) is 0 Å². The molecule has 0 radical (unpaired) electrons. The zero-order valence-corrected chi connectivity index (χ0v) is 19.7. The highest BCUT2D eigenvalue weighted by molar-refractivity contribution is 14.0. The second kappa shape index (κ2) is 12.0. The molecular formula is C22H28ClIN4O. The molecule has 1 aliphatic heterocycles. The number of benzene rings is 2. The molecule has 2 aromatic rings. The maximum atomic E-state index is 11.8. The van der Waals surface area contributed by atoms with Crippen LogP contribution in [0.2, 0.25) is 5.02 Å². The predicted molar refractivity (Wildman–Crippen MR) is 130 cm³/mol. The van der Waals surface area contributed by atoms with Crippen molar-refractivity contribution in [3.63, 3.8) is 0 Å². The van der Waals surface area contributed by atoms with E-state index >= 15 is 0 Å². The number of hydrogen-bond acceptors (Lipinski definition) is 2. The van der Waals surface area contributed by atoms with Gasteiger partial charge < -0.3 is 15.5 Å². The molecule has 0 atom stereocenters. The third-order valence-electron chi connectivity index (χ3n) is 4.84. The van der Waals surface area contributed by atoms with Gasteiger partial charge >= 0.3 is 0 Å². The molecular weight excluding hydrogens is 499 g/mol. The lowest BCUT2D eigenvalue weighted by Gasteiger charge is -2.16. The summed E-state index contributed by atoms with van der Waals surface area (Å²) < 4.78 is 0. The molecule has 156 valence electrons. The highest BCUT2D eigenvalue weighted by atomic mass is 127. The molecule has 2 N–H and O–H groups in total. The van der Waals surface area contributed by atoms with E-state index < -0.39 is 0 Å². The number of likely N-dealkylation sites (tertiary alicyclic amines) is 1. The molecule has 1 saturated heterocycles. The highest BCUT2D eigenvalue weighted by Crippen LogP contribution is 2.15. The Morgan fingerprint density at radius 3 is 2.55 bits per heavy atom. The summed E-state index contributed by atoms with van der Waals surface area (Å²) in [6.45, 7) is 3.03. The summed E-state index contributed by atoms with van der Waals surface area (Å²) in [7, 11) is 1.77.